The fraction of sp³-hybridized carbons (Fsp3) is 0.429. The first-order chi connectivity index (χ1) is 9.56. The monoisotopic (exact) mass is 279 g/mol. The van der Waals surface area contributed by atoms with Crippen LogP contribution in [0.25, 0.3) is 0 Å². The lowest BCUT2D eigenvalue weighted by molar-refractivity contribution is -0.141. The molecule has 1 saturated heterocycles. The molecule has 1 aromatic rings. The van der Waals surface area contributed by atoms with Gasteiger partial charge in [-0.15, -0.1) is 0 Å². The third kappa shape index (κ3) is 2.68. The van der Waals surface area contributed by atoms with Crippen molar-refractivity contribution < 1.29 is 24.2 Å². The molecule has 0 bridgehead atoms. The quantitative estimate of drug-likeness (QED) is 0.901. The molecule has 0 spiro atoms. The number of likely N-dealkylation sites (tertiary alicyclic amines) is 1. The average molecular weight is 279 g/mol. The van der Waals surface area contributed by atoms with E-state index in [9.17, 15) is 9.59 Å². The van der Waals surface area contributed by atoms with E-state index in [1.54, 1.807) is 18.2 Å². The van der Waals surface area contributed by atoms with Crippen LogP contribution in [0.1, 0.15) is 23.2 Å². The molecule has 6 nitrogen and oxygen atoms in total. The van der Waals surface area contributed by atoms with Gasteiger partial charge in [0.25, 0.3) is 5.91 Å². The molecule has 0 aromatic heterocycles. The lowest BCUT2D eigenvalue weighted by Gasteiger charge is -2.21. The molecule has 1 aliphatic rings. The predicted molar refractivity (Wildman–Crippen MR) is 71.2 cm³/mol. The van der Waals surface area contributed by atoms with E-state index in [1.807, 2.05) is 0 Å². The van der Waals surface area contributed by atoms with Crippen LogP contribution < -0.4 is 9.47 Å². The van der Waals surface area contributed by atoms with Gasteiger partial charge in [0.15, 0.2) is 0 Å². The Labute approximate surface area is 116 Å². The highest BCUT2D eigenvalue weighted by Crippen LogP contribution is 2.26. The van der Waals surface area contributed by atoms with Gasteiger partial charge < -0.3 is 19.5 Å². The maximum Gasteiger partial charge on any atom is 0.326 e. The summed E-state index contributed by atoms with van der Waals surface area (Å²) in [5, 5.41) is 9.14. The Hall–Kier alpha value is -2.24. The van der Waals surface area contributed by atoms with Gasteiger partial charge in [0, 0.05) is 18.2 Å². The Morgan fingerprint density at radius 2 is 1.80 bits per heavy atom. The van der Waals surface area contributed by atoms with Crippen LogP contribution in [0, 0.1) is 0 Å². The largest absolute Gasteiger partial charge is 0.497 e. The highest BCUT2D eigenvalue weighted by Gasteiger charge is 2.34. The number of carbonyl (C=O) groups is 2. The van der Waals surface area contributed by atoms with Gasteiger partial charge in [0.05, 0.1) is 14.2 Å². The summed E-state index contributed by atoms with van der Waals surface area (Å²) in [6.07, 6.45) is 1.19. The first-order valence-corrected chi connectivity index (χ1v) is 6.33. The Morgan fingerprint density at radius 1 is 1.20 bits per heavy atom. The van der Waals surface area contributed by atoms with Crippen LogP contribution in [0.4, 0.5) is 0 Å². The number of aliphatic carboxylic acids is 1. The van der Waals surface area contributed by atoms with Gasteiger partial charge in [-0.05, 0) is 25.0 Å². The lowest BCUT2D eigenvalue weighted by atomic mass is 10.1. The van der Waals surface area contributed by atoms with E-state index >= 15 is 0 Å². The van der Waals surface area contributed by atoms with Crippen molar-refractivity contribution in [1.29, 1.82) is 0 Å². The summed E-state index contributed by atoms with van der Waals surface area (Å²) in [7, 11) is 3.00. The number of benzene rings is 1. The van der Waals surface area contributed by atoms with E-state index in [4.69, 9.17) is 14.6 Å². The summed E-state index contributed by atoms with van der Waals surface area (Å²) in [6.45, 7) is 0.454. The van der Waals surface area contributed by atoms with Crippen LogP contribution in [-0.4, -0.2) is 48.7 Å². The first kappa shape index (κ1) is 14.2. The zero-order chi connectivity index (χ0) is 14.7. The number of methoxy groups -OCH3 is 2. The third-order valence-electron chi connectivity index (χ3n) is 3.40. The highest BCUT2D eigenvalue weighted by atomic mass is 16.5. The third-order valence-corrected chi connectivity index (χ3v) is 3.40. The summed E-state index contributed by atoms with van der Waals surface area (Å²) < 4.78 is 10.2. The molecule has 1 atom stereocenters. The molecule has 0 radical (unpaired) electrons. The molecule has 1 heterocycles. The van der Waals surface area contributed by atoms with Gasteiger partial charge in [-0.1, -0.05) is 0 Å². The Morgan fingerprint density at radius 3 is 2.30 bits per heavy atom. The highest BCUT2D eigenvalue weighted by molar-refractivity contribution is 5.97. The molecule has 1 N–H and O–H groups in total. The van der Waals surface area contributed by atoms with Crippen molar-refractivity contribution in [3.05, 3.63) is 23.8 Å². The van der Waals surface area contributed by atoms with E-state index in [-0.39, 0.29) is 5.91 Å². The number of ether oxygens (including phenoxy) is 2. The van der Waals surface area contributed by atoms with Crippen LogP contribution in [0.5, 0.6) is 11.5 Å². The predicted octanol–water partition coefficient (Wildman–Crippen LogP) is 1.39. The van der Waals surface area contributed by atoms with Crippen molar-refractivity contribution in [1.82, 2.24) is 4.90 Å². The first-order valence-electron chi connectivity index (χ1n) is 6.33. The molecule has 0 unspecified atom stereocenters. The van der Waals surface area contributed by atoms with Crippen molar-refractivity contribution in [3.63, 3.8) is 0 Å². The number of hydrogen-bond donors (Lipinski definition) is 1. The minimum absolute atomic E-state index is 0.313. The summed E-state index contributed by atoms with van der Waals surface area (Å²) in [4.78, 5) is 25.0. The molecule has 6 heteroatoms. The van der Waals surface area contributed by atoms with Crippen molar-refractivity contribution in [3.8, 4) is 11.5 Å². The van der Waals surface area contributed by atoms with Gasteiger partial charge in [-0.3, -0.25) is 4.79 Å². The van der Waals surface area contributed by atoms with Gasteiger partial charge in [-0.2, -0.15) is 0 Å². The molecule has 1 fully saturated rings. The molecule has 108 valence electrons. The zero-order valence-corrected chi connectivity index (χ0v) is 11.5. The molecule has 2 rings (SSSR count). The fourth-order valence-electron chi connectivity index (χ4n) is 2.36. The minimum atomic E-state index is -0.967. The van der Waals surface area contributed by atoms with Gasteiger partial charge in [0.1, 0.15) is 17.5 Å². The lowest BCUT2D eigenvalue weighted by Crippen LogP contribution is -2.40. The van der Waals surface area contributed by atoms with Crippen LogP contribution in [0.2, 0.25) is 0 Å². The molecular weight excluding hydrogens is 262 g/mol. The number of carboxylic acid groups (broad SMARTS) is 1. The van der Waals surface area contributed by atoms with Crippen LogP contribution >= 0.6 is 0 Å². The SMILES string of the molecule is COc1cc(OC)cc(C(=O)N2CCC[C@@H]2C(=O)O)c1. The number of carboxylic acids is 1. The second-order valence-corrected chi connectivity index (χ2v) is 4.60. The van der Waals surface area contributed by atoms with E-state index in [0.717, 1.165) is 0 Å². The van der Waals surface area contributed by atoms with E-state index < -0.39 is 12.0 Å². The minimum Gasteiger partial charge on any atom is -0.497 e. The average Bonchev–Trinajstić information content (AvgIpc) is 2.95. The van der Waals surface area contributed by atoms with Crippen molar-refractivity contribution >= 4 is 11.9 Å². The van der Waals surface area contributed by atoms with E-state index in [2.05, 4.69) is 0 Å². The van der Waals surface area contributed by atoms with E-state index in [0.29, 0.717) is 36.4 Å². The van der Waals surface area contributed by atoms with Crippen LogP contribution in [0.15, 0.2) is 18.2 Å². The van der Waals surface area contributed by atoms with Crippen molar-refractivity contribution in [2.24, 2.45) is 0 Å². The second-order valence-electron chi connectivity index (χ2n) is 4.60. The fourth-order valence-corrected chi connectivity index (χ4v) is 2.36. The van der Waals surface area contributed by atoms with E-state index in [1.165, 1.54) is 19.1 Å². The number of amides is 1. The topological polar surface area (TPSA) is 76.1 Å². The standard InChI is InChI=1S/C14H17NO5/c1-19-10-6-9(7-11(8-10)20-2)13(16)15-5-3-4-12(15)14(17)18/h6-8,12H,3-5H2,1-2H3,(H,17,18)/t12-/m1/s1. The number of rotatable bonds is 4. The number of carbonyl (C=O) groups excluding carboxylic acids is 1. The molecule has 1 amide bonds. The van der Waals surface area contributed by atoms with Crippen LogP contribution in [0.3, 0.4) is 0 Å². The molecule has 20 heavy (non-hydrogen) atoms. The summed E-state index contributed by atoms with van der Waals surface area (Å²) in [5.74, 6) is -0.282. The zero-order valence-electron chi connectivity index (χ0n) is 11.5. The van der Waals surface area contributed by atoms with Crippen LogP contribution in [-0.2, 0) is 4.79 Å². The van der Waals surface area contributed by atoms with Gasteiger partial charge >= 0.3 is 5.97 Å². The maximum absolute atomic E-state index is 12.4. The number of nitrogens with zero attached hydrogens (tertiary/aromatic N) is 1. The normalized spacial score (nSPS) is 17.9. The number of hydrogen-bond acceptors (Lipinski definition) is 4. The second kappa shape index (κ2) is 5.81. The van der Waals surface area contributed by atoms with Gasteiger partial charge in [0.2, 0.25) is 0 Å². The molecule has 0 aliphatic carbocycles. The summed E-state index contributed by atoms with van der Waals surface area (Å²) in [6, 6.07) is 4.08. The molecule has 0 saturated carbocycles. The Balaban J connectivity index is 2.30. The van der Waals surface area contributed by atoms with Gasteiger partial charge in [-0.25, -0.2) is 4.79 Å². The maximum atomic E-state index is 12.4. The Kier molecular flexibility index (Phi) is 4.12. The summed E-state index contributed by atoms with van der Waals surface area (Å²) >= 11 is 0. The smallest absolute Gasteiger partial charge is 0.326 e. The summed E-state index contributed by atoms with van der Waals surface area (Å²) in [5.41, 5.74) is 0.370. The van der Waals surface area contributed by atoms with Crippen molar-refractivity contribution in [2.75, 3.05) is 20.8 Å². The molecule has 1 aromatic carbocycles. The molecular formula is C14H17NO5. The Bertz CT molecular complexity index is 506. The molecule has 1 aliphatic heterocycles. The van der Waals surface area contributed by atoms with Crippen molar-refractivity contribution in [2.45, 2.75) is 18.9 Å².